The number of rotatable bonds is 6. The van der Waals surface area contributed by atoms with Crippen LogP contribution in [0.4, 0.5) is 0 Å². The number of hydrogen-bond acceptors (Lipinski definition) is 2. The zero-order valence-electron chi connectivity index (χ0n) is 11.7. The molecule has 2 N–H and O–H groups in total. The Morgan fingerprint density at radius 1 is 1.06 bits per heavy atom. The fraction of sp³-hybridized carbons (Fsp3) is 0.923. The molecular weight excluding hydrogens is 200 g/mol. The molecule has 0 aliphatic carbocycles. The molecule has 1 amide bonds. The van der Waals surface area contributed by atoms with E-state index in [2.05, 4.69) is 45.3 Å². The highest BCUT2D eigenvalue weighted by atomic mass is 16.1. The van der Waals surface area contributed by atoms with Crippen LogP contribution in [0.15, 0.2) is 0 Å². The second-order valence-electron chi connectivity index (χ2n) is 6.53. The molecule has 0 heterocycles. The molecule has 3 heteroatoms. The van der Waals surface area contributed by atoms with Crippen molar-refractivity contribution in [1.29, 1.82) is 0 Å². The summed E-state index contributed by atoms with van der Waals surface area (Å²) in [5, 5.41) is 6.14. The Bertz CT molecular complexity index is 216. The maximum atomic E-state index is 11.6. The molecule has 0 rings (SSSR count). The number of hydrogen-bond donors (Lipinski definition) is 2. The minimum Gasteiger partial charge on any atom is -0.356 e. The Morgan fingerprint density at radius 2 is 1.62 bits per heavy atom. The average molecular weight is 228 g/mol. The summed E-state index contributed by atoms with van der Waals surface area (Å²) in [5.41, 5.74) is 0.351. The van der Waals surface area contributed by atoms with Crippen molar-refractivity contribution in [3.8, 4) is 0 Å². The predicted octanol–water partition coefficient (Wildman–Crippen LogP) is 2.17. The lowest BCUT2D eigenvalue weighted by Crippen LogP contribution is -2.39. The lowest BCUT2D eigenvalue weighted by molar-refractivity contribution is -0.122. The number of amides is 1. The van der Waals surface area contributed by atoms with E-state index in [0.29, 0.717) is 6.42 Å². The van der Waals surface area contributed by atoms with Gasteiger partial charge in [0, 0.05) is 19.5 Å². The summed E-state index contributed by atoms with van der Waals surface area (Å²) in [6, 6.07) is 0. The Balaban J connectivity index is 3.81. The van der Waals surface area contributed by atoms with Crippen molar-refractivity contribution in [1.82, 2.24) is 10.6 Å². The van der Waals surface area contributed by atoms with Crippen LogP contribution in [0.1, 0.15) is 47.5 Å². The van der Waals surface area contributed by atoms with Gasteiger partial charge in [-0.3, -0.25) is 4.79 Å². The second-order valence-corrected chi connectivity index (χ2v) is 6.53. The van der Waals surface area contributed by atoms with Gasteiger partial charge in [-0.25, -0.2) is 0 Å². The van der Waals surface area contributed by atoms with Gasteiger partial charge in [0.05, 0.1) is 0 Å². The summed E-state index contributed by atoms with van der Waals surface area (Å²) < 4.78 is 0. The smallest absolute Gasteiger partial charge is 0.220 e. The number of nitrogens with one attached hydrogen (secondary N) is 2. The van der Waals surface area contributed by atoms with Crippen molar-refractivity contribution in [2.24, 2.45) is 10.8 Å². The molecular formula is C13H28N2O. The zero-order valence-corrected chi connectivity index (χ0v) is 11.7. The molecule has 0 saturated heterocycles. The quantitative estimate of drug-likeness (QED) is 0.731. The van der Waals surface area contributed by atoms with Gasteiger partial charge in [0.1, 0.15) is 0 Å². The first kappa shape index (κ1) is 15.4. The molecule has 0 spiro atoms. The highest BCUT2D eigenvalue weighted by molar-refractivity contribution is 5.75. The highest BCUT2D eigenvalue weighted by Crippen LogP contribution is 2.20. The first-order valence-electron chi connectivity index (χ1n) is 6.08. The lowest BCUT2D eigenvalue weighted by Gasteiger charge is -2.25. The molecule has 0 aromatic heterocycles. The molecule has 0 bridgehead atoms. The van der Waals surface area contributed by atoms with Crippen molar-refractivity contribution in [3.05, 3.63) is 0 Å². The van der Waals surface area contributed by atoms with Gasteiger partial charge in [0.25, 0.3) is 0 Å². The summed E-state index contributed by atoms with van der Waals surface area (Å²) in [6.07, 6.45) is 1.56. The van der Waals surface area contributed by atoms with Crippen molar-refractivity contribution < 1.29 is 4.79 Å². The monoisotopic (exact) mass is 228 g/mol. The van der Waals surface area contributed by atoms with Gasteiger partial charge in [-0.15, -0.1) is 0 Å². The summed E-state index contributed by atoms with van der Waals surface area (Å²) >= 11 is 0. The molecule has 16 heavy (non-hydrogen) atoms. The van der Waals surface area contributed by atoms with Crippen LogP contribution in [0.3, 0.4) is 0 Å². The van der Waals surface area contributed by atoms with Crippen LogP contribution < -0.4 is 10.6 Å². The number of carbonyl (C=O) groups is 1. The highest BCUT2D eigenvalue weighted by Gasteiger charge is 2.18. The van der Waals surface area contributed by atoms with E-state index in [4.69, 9.17) is 0 Å². The van der Waals surface area contributed by atoms with Crippen molar-refractivity contribution in [2.45, 2.75) is 47.5 Å². The van der Waals surface area contributed by atoms with Gasteiger partial charge in [0.15, 0.2) is 0 Å². The van der Waals surface area contributed by atoms with Crippen molar-refractivity contribution >= 4 is 5.91 Å². The second kappa shape index (κ2) is 6.24. The normalized spacial score (nSPS) is 12.6. The van der Waals surface area contributed by atoms with Crippen molar-refractivity contribution in [3.63, 3.8) is 0 Å². The van der Waals surface area contributed by atoms with Gasteiger partial charge in [-0.2, -0.15) is 0 Å². The molecule has 0 aromatic rings. The molecule has 0 aromatic carbocycles. The maximum Gasteiger partial charge on any atom is 0.220 e. The van der Waals surface area contributed by atoms with Crippen LogP contribution in [0.5, 0.6) is 0 Å². The first-order valence-corrected chi connectivity index (χ1v) is 6.08. The fourth-order valence-electron chi connectivity index (χ4n) is 1.46. The van der Waals surface area contributed by atoms with E-state index >= 15 is 0 Å². The molecule has 0 saturated carbocycles. The zero-order chi connectivity index (χ0) is 12.8. The number of carbonyl (C=O) groups excluding carboxylic acids is 1. The van der Waals surface area contributed by atoms with E-state index in [9.17, 15) is 4.79 Å². The van der Waals surface area contributed by atoms with E-state index in [1.54, 1.807) is 0 Å². The van der Waals surface area contributed by atoms with Gasteiger partial charge in [0.2, 0.25) is 5.91 Å². The third-order valence-electron chi connectivity index (χ3n) is 2.52. The Labute approximate surface area is 100 Å². The van der Waals surface area contributed by atoms with Gasteiger partial charge >= 0.3 is 0 Å². The van der Waals surface area contributed by atoms with Crippen LogP contribution in [-0.4, -0.2) is 26.0 Å². The molecule has 0 aliphatic rings. The first-order chi connectivity index (χ1) is 7.16. The molecule has 0 atom stereocenters. The van der Waals surface area contributed by atoms with E-state index in [0.717, 1.165) is 19.5 Å². The predicted molar refractivity (Wildman–Crippen MR) is 69.4 cm³/mol. The topological polar surface area (TPSA) is 41.1 Å². The van der Waals surface area contributed by atoms with E-state index in [1.807, 2.05) is 7.05 Å². The molecule has 96 valence electrons. The molecule has 0 aliphatic heterocycles. The van der Waals surface area contributed by atoms with Crippen LogP contribution in [-0.2, 0) is 4.79 Å². The Kier molecular flexibility index (Phi) is 6.01. The summed E-state index contributed by atoms with van der Waals surface area (Å²) in [4.78, 5) is 11.6. The molecule has 0 fully saturated rings. The summed E-state index contributed by atoms with van der Waals surface area (Å²) in [5.74, 6) is 0.166. The summed E-state index contributed by atoms with van der Waals surface area (Å²) in [6.45, 7) is 12.4. The van der Waals surface area contributed by atoms with Crippen LogP contribution in [0, 0.1) is 10.8 Å². The standard InChI is InChI=1S/C13H28N2O/c1-12(2,3)8-7-11(16)15-10-13(4,5)9-14-6/h14H,7-10H2,1-6H3,(H,15,16). The van der Waals surface area contributed by atoms with E-state index < -0.39 is 0 Å². The van der Waals surface area contributed by atoms with E-state index in [-0.39, 0.29) is 16.7 Å². The maximum absolute atomic E-state index is 11.6. The Hall–Kier alpha value is -0.570. The third kappa shape index (κ3) is 8.72. The van der Waals surface area contributed by atoms with Crippen molar-refractivity contribution in [2.75, 3.05) is 20.1 Å². The third-order valence-corrected chi connectivity index (χ3v) is 2.52. The summed E-state index contributed by atoms with van der Waals surface area (Å²) in [7, 11) is 1.93. The largest absolute Gasteiger partial charge is 0.356 e. The van der Waals surface area contributed by atoms with Gasteiger partial charge in [-0.1, -0.05) is 34.6 Å². The minimum atomic E-state index is 0.117. The molecule has 0 radical (unpaired) electrons. The Morgan fingerprint density at radius 3 is 2.06 bits per heavy atom. The van der Waals surface area contributed by atoms with Crippen LogP contribution >= 0.6 is 0 Å². The van der Waals surface area contributed by atoms with Gasteiger partial charge < -0.3 is 10.6 Å². The minimum absolute atomic E-state index is 0.117. The molecule has 0 unspecified atom stereocenters. The SMILES string of the molecule is CNCC(C)(C)CNC(=O)CCC(C)(C)C. The van der Waals surface area contributed by atoms with Crippen LogP contribution in [0.2, 0.25) is 0 Å². The molecule has 3 nitrogen and oxygen atoms in total. The van der Waals surface area contributed by atoms with E-state index in [1.165, 1.54) is 0 Å². The fourth-order valence-corrected chi connectivity index (χ4v) is 1.46. The van der Waals surface area contributed by atoms with Crippen LogP contribution in [0.25, 0.3) is 0 Å². The average Bonchev–Trinajstić information content (AvgIpc) is 2.10. The van der Waals surface area contributed by atoms with Gasteiger partial charge in [-0.05, 0) is 24.3 Å². The lowest BCUT2D eigenvalue weighted by atomic mass is 9.90.